The van der Waals surface area contributed by atoms with E-state index in [0.29, 0.717) is 30.2 Å². The zero-order valence-electron chi connectivity index (χ0n) is 28.5. The fourth-order valence-corrected chi connectivity index (χ4v) is 4.90. The summed E-state index contributed by atoms with van der Waals surface area (Å²) in [6, 6.07) is 20.3. The molecule has 0 aliphatic rings. The second-order valence-electron chi connectivity index (χ2n) is 13.5. The van der Waals surface area contributed by atoms with Crippen LogP contribution in [0.25, 0.3) is 0 Å². The molecule has 0 spiro atoms. The molecular formula is C38H49ClN2O5. The van der Waals surface area contributed by atoms with Gasteiger partial charge in [-0.05, 0) is 85.9 Å². The Morgan fingerprint density at radius 2 is 1.46 bits per heavy atom. The first-order valence-electron chi connectivity index (χ1n) is 16.0. The van der Waals surface area contributed by atoms with Crippen LogP contribution in [0.4, 0.5) is 11.4 Å². The van der Waals surface area contributed by atoms with Crippen LogP contribution in [-0.2, 0) is 25.2 Å². The summed E-state index contributed by atoms with van der Waals surface area (Å²) in [6.45, 7) is 17.0. The second-order valence-corrected chi connectivity index (χ2v) is 13.9. The Kier molecular flexibility index (Phi) is 12.4. The lowest BCUT2D eigenvalue weighted by Crippen LogP contribution is -2.40. The minimum atomic E-state index is -1.20. The van der Waals surface area contributed by atoms with Crippen LogP contribution >= 0.6 is 11.6 Å². The molecule has 7 nitrogen and oxygen atoms in total. The predicted molar refractivity (Wildman–Crippen MR) is 187 cm³/mol. The molecule has 0 unspecified atom stereocenters. The smallest absolute Gasteiger partial charge is 0.232 e. The van der Waals surface area contributed by atoms with E-state index in [0.717, 1.165) is 18.6 Å². The molecule has 0 heterocycles. The summed E-state index contributed by atoms with van der Waals surface area (Å²) in [5, 5.41) is 5.82. The number of nitrogens with one attached hydrogen (secondary N) is 2. The summed E-state index contributed by atoms with van der Waals surface area (Å²) in [6.07, 6.45) is 2.40. The van der Waals surface area contributed by atoms with Gasteiger partial charge >= 0.3 is 0 Å². The highest BCUT2D eigenvalue weighted by atomic mass is 35.5. The summed E-state index contributed by atoms with van der Waals surface area (Å²) >= 11 is 6.32. The van der Waals surface area contributed by atoms with Crippen LogP contribution in [0.2, 0.25) is 5.02 Å². The van der Waals surface area contributed by atoms with E-state index in [1.165, 1.54) is 11.1 Å². The summed E-state index contributed by atoms with van der Waals surface area (Å²) in [5.74, 6) is 0.286. The number of hydrogen-bond donors (Lipinski definition) is 2. The minimum absolute atomic E-state index is 0.0479. The Balaban J connectivity index is 1.55. The van der Waals surface area contributed by atoms with Gasteiger partial charge in [0.15, 0.2) is 11.4 Å². The lowest BCUT2D eigenvalue weighted by Gasteiger charge is -2.30. The number of para-hydroxylation sites is 1. The Bertz CT molecular complexity index is 1510. The third kappa shape index (κ3) is 10.1. The van der Waals surface area contributed by atoms with Crippen molar-refractivity contribution in [3.63, 3.8) is 0 Å². The fourth-order valence-electron chi connectivity index (χ4n) is 4.73. The van der Waals surface area contributed by atoms with E-state index < -0.39 is 17.9 Å². The topological polar surface area (TPSA) is 93.7 Å². The van der Waals surface area contributed by atoms with E-state index in [9.17, 15) is 14.4 Å². The van der Waals surface area contributed by atoms with Crippen molar-refractivity contribution < 1.29 is 23.9 Å². The monoisotopic (exact) mass is 648 g/mol. The van der Waals surface area contributed by atoms with Gasteiger partial charge in [-0.15, -0.1) is 0 Å². The second kappa shape index (κ2) is 15.6. The summed E-state index contributed by atoms with van der Waals surface area (Å²) in [4.78, 5) is 38.3. The lowest BCUT2D eigenvalue weighted by atomic mass is 9.76. The van der Waals surface area contributed by atoms with Gasteiger partial charge in [0, 0.05) is 17.7 Å². The van der Waals surface area contributed by atoms with E-state index in [2.05, 4.69) is 70.4 Å². The third-order valence-corrected chi connectivity index (χ3v) is 9.03. The quantitative estimate of drug-likeness (QED) is 0.119. The van der Waals surface area contributed by atoms with Gasteiger partial charge < -0.3 is 20.1 Å². The van der Waals surface area contributed by atoms with Gasteiger partial charge in [0.2, 0.25) is 11.8 Å². The van der Waals surface area contributed by atoms with Gasteiger partial charge in [-0.25, -0.2) is 0 Å². The minimum Gasteiger partial charge on any atom is -0.493 e. The number of halogens is 1. The Hall–Kier alpha value is -3.84. The summed E-state index contributed by atoms with van der Waals surface area (Å²) in [5.41, 5.74) is 2.07. The first-order valence-corrected chi connectivity index (χ1v) is 16.4. The molecule has 3 aromatic rings. The number of Topliss-reactive ketones (excluding diaryl/α,β-unsaturated/α-hetero) is 1. The van der Waals surface area contributed by atoms with Gasteiger partial charge in [0.1, 0.15) is 11.5 Å². The van der Waals surface area contributed by atoms with Crippen molar-refractivity contribution in [1.82, 2.24) is 0 Å². The molecule has 8 heteroatoms. The first kappa shape index (κ1) is 36.6. The highest BCUT2D eigenvalue weighted by molar-refractivity contribution is 6.34. The molecule has 0 bridgehead atoms. The van der Waals surface area contributed by atoms with Crippen LogP contribution in [0.15, 0.2) is 66.7 Å². The molecule has 2 N–H and O–H groups in total. The number of amides is 2. The van der Waals surface area contributed by atoms with Crippen LogP contribution in [0, 0.1) is 0 Å². The fraction of sp³-hybridized carbons (Fsp3) is 0.447. The number of hydrogen-bond acceptors (Lipinski definition) is 5. The largest absolute Gasteiger partial charge is 0.493 e. The third-order valence-electron chi connectivity index (χ3n) is 8.70. The molecule has 0 atom stereocenters. The first-order chi connectivity index (χ1) is 21.6. The Labute approximate surface area is 279 Å². The average molecular weight is 649 g/mol. The molecule has 0 aromatic heterocycles. The number of rotatable bonds is 16. The average Bonchev–Trinajstić information content (AvgIpc) is 3.01. The molecule has 248 valence electrons. The van der Waals surface area contributed by atoms with Crippen molar-refractivity contribution >= 4 is 40.6 Å². The number of anilines is 2. The van der Waals surface area contributed by atoms with E-state index in [1.807, 2.05) is 18.2 Å². The molecule has 0 aliphatic heterocycles. The Morgan fingerprint density at radius 1 is 0.783 bits per heavy atom. The van der Waals surface area contributed by atoms with Crippen molar-refractivity contribution in [3.05, 3.63) is 82.9 Å². The van der Waals surface area contributed by atoms with E-state index in [1.54, 1.807) is 44.2 Å². The number of ketones is 1. The standard InChI is InChI=1S/C38H49ClN2O5/c1-9-36(3,4)26-18-21-32(29(23-26)37(5,6)10-2)45-22-14-17-34(43)40-27-19-20-30(39)31(24-27)41-35(44)25-33(42)38(7,8)46-28-15-12-11-13-16-28/h11-13,15-16,18-21,23-24H,9-10,14,17,22,25H2,1-8H3,(H,40,43)(H,41,44). The molecule has 0 aliphatic carbocycles. The van der Waals surface area contributed by atoms with Crippen molar-refractivity contribution in [2.24, 2.45) is 0 Å². The van der Waals surface area contributed by atoms with Crippen LogP contribution in [0.1, 0.15) is 98.6 Å². The predicted octanol–water partition coefficient (Wildman–Crippen LogP) is 9.27. The molecule has 0 radical (unpaired) electrons. The molecule has 2 amide bonds. The van der Waals surface area contributed by atoms with Crippen LogP contribution in [-0.4, -0.2) is 29.8 Å². The van der Waals surface area contributed by atoms with Gasteiger partial charge in [-0.1, -0.05) is 83.5 Å². The number of carbonyl (C=O) groups excluding carboxylic acids is 3. The van der Waals surface area contributed by atoms with Gasteiger partial charge in [-0.2, -0.15) is 0 Å². The van der Waals surface area contributed by atoms with Gasteiger partial charge in [-0.3, -0.25) is 14.4 Å². The van der Waals surface area contributed by atoms with E-state index >= 15 is 0 Å². The molecule has 0 fully saturated rings. The molecule has 3 rings (SSSR count). The number of benzene rings is 3. The molecular weight excluding hydrogens is 600 g/mol. The van der Waals surface area contributed by atoms with Crippen molar-refractivity contribution in [3.8, 4) is 11.5 Å². The maximum atomic E-state index is 12.8. The van der Waals surface area contributed by atoms with Crippen LogP contribution in [0.5, 0.6) is 11.5 Å². The zero-order chi connectivity index (χ0) is 34.1. The van der Waals surface area contributed by atoms with E-state index in [4.69, 9.17) is 21.1 Å². The molecule has 0 saturated heterocycles. The molecule has 3 aromatic carbocycles. The normalized spacial score (nSPS) is 11.9. The highest BCUT2D eigenvalue weighted by Crippen LogP contribution is 2.38. The van der Waals surface area contributed by atoms with Gasteiger partial charge in [0.05, 0.1) is 23.7 Å². The Morgan fingerprint density at radius 3 is 2.11 bits per heavy atom. The molecule has 46 heavy (non-hydrogen) atoms. The van der Waals surface area contributed by atoms with Crippen LogP contribution in [0.3, 0.4) is 0 Å². The highest BCUT2D eigenvalue weighted by Gasteiger charge is 2.31. The SMILES string of the molecule is CCC(C)(C)c1ccc(OCCCC(=O)Nc2ccc(Cl)c(NC(=O)CC(=O)C(C)(C)Oc3ccccc3)c2)c(C(C)(C)CC)c1. The maximum Gasteiger partial charge on any atom is 0.232 e. The van der Waals surface area contributed by atoms with Crippen LogP contribution < -0.4 is 20.1 Å². The van der Waals surface area contributed by atoms with Crippen molar-refractivity contribution in [2.45, 2.75) is 104 Å². The number of ether oxygens (including phenoxy) is 2. The van der Waals surface area contributed by atoms with Crippen molar-refractivity contribution in [2.75, 3.05) is 17.2 Å². The summed E-state index contributed by atoms with van der Waals surface area (Å²) < 4.78 is 12.0. The zero-order valence-corrected chi connectivity index (χ0v) is 29.3. The number of carbonyl (C=O) groups is 3. The maximum absolute atomic E-state index is 12.8. The van der Waals surface area contributed by atoms with Gasteiger partial charge in [0.25, 0.3) is 0 Å². The molecule has 0 saturated carbocycles. The summed E-state index contributed by atoms with van der Waals surface area (Å²) in [7, 11) is 0. The lowest BCUT2D eigenvalue weighted by molar-refractivity contribution is -0.135. The van der Waals surface area contributed by atoms with Crippen molar-refractivity contribution in [1.29, 1.82) is 0 Å². The van der Waals surface area contributed by atoms with E-state index in [-0.39, 0.29) is 34.0 Å².